The molecular weight excluding hydrogens is 256 g/mol. The van der Waals surface area contributed by atoms with Crippen molar-refractivity contribution in [1.29, 1.82) is 0 Å². The van der Waals surface area contributed by atoms with Crippen molar-refractivity contribution in [3.8, 4) is 5.88 Å². The Balaban J connectivity index is 1.80. The first-order valence-electron chi connectivity index (χ1n) is 6.90. The lowest BCUT2D eigenvalue weighted by Gasteiger charge is -2.20. The number of nitrogens with one attached hydrogen (secondary N) is 2. The zero-order valence-electron chi connectivity index (χ0n) is 12.2. The Hall–Kier alpha value is -1.82. The van der Waals surface area contributed by atoms with Crippen molar-refractivity contribution in [2.45, 2.75) is 32.4 Å². The summed E-state index contributed by atoms with van der Waals surface area (Å²) in [6.45, 7) is 6.29. The van der Waals surface area contributed by atoms with Gasteiger partial charge in [0.2, 0.25) is 5.88 Å². The fourth-order valence-corrected chi connectivity index (χ4v) is 2.30. The number of pyridine rings is 1. The van der Waals surface area contributed by atoms with Gasteiger partial charge in [0.05, 0.1) is 19.0 Å². The van der Waals surface area contributed by atoms with E-state index in [1.165, 1.54) is 0 Å². The number of hydrogen-bond donors (Lipinski definition) is 2. The highest BCUT2D eigenvalue weighted by atomic mass is 16.5. The Kier molecular flexibility index (Phi) is 4.79. The number of ether oxygens (including phenoxy) is 1. The Bertz CT molecular complexity index is 447. The van der Waals surface area contributed by atoms with Gasteiger partial charge in [-0.05, 0) is 26.3 Å². The molecule has 0 bridgehead atoms. The minimum atomic E-state index is -0.187. The smallest absolute Gasteiger partial charge is 0.319 e. The van der Waals surface area contributed by atoms with Crippen molar-refractivity contribution >= 4 is 11.7 Å². The van der Waals surface area contributed by atoms with E-state index in [2.05, 4.69) is 34.4 Å². The Labute approximate surface area is 119 Å². The van der Waals surface area contributed by atoms with Crippen molar-refractivity contribution in [2.24, 2.45) is 0 Å². The average Bonchev–Trinajstić information content (AvgIpc) is 2.88. The SMILES string of the molecule is COc1ccc(NC(=O)N[C@H]2CCN(C(C)C)C2)cn1. The molecule has 6 nitrogen and oxygen atoms in total. The predicted molar refractivity (Wildman–Crippen MR) is 78.1 cm³/mol. The van der Waals surface area contributed by atoms with Crippen LogP contribution in [0.4, 0.5) is 10.5 Å². The summed E-state index contributed by atoms with van der Waals surface area (Å²) < 4.78 is 4.97. The molecule has 1 aliphatic rings. The quantitative estimate of drug-likeness (QED) is 0.879. The molecule has 0 unspecified atom stereocenters. The van der Waals surface area contributed by atoms with Crippen LogP contribution in [0.5, 0.6) is 5.88 Å². The first kappa shape index (κ1) is 14.6. The number of carbonyl (C=O) groups is 1. The first-order chi connectivity index (χ1) is 9.58. The van der Waals surface area contributed by atoms with Gasteiger partial charge in [-0.3, -0.25) is 4.90 Å². The highest BCUT2D eigenvalue weighted by Gasteiger charge is 2.25. The molecule has 0 spiro atoms. The maximum Gasteiger partial charge on any atom is 0.319 e. The molecule has 1 atom stereocenters. The van der Waals surface area contributed by atoms with Gasteiger partial charge in [-0.1, -0.05) is 0 Å². The lowest BCUT2D eigenvalue weighted by molar-refractivity contribution is 0.244. The van der Waals surface area contributed by atoms with Crippen molar-refractivity contribution in [2.75, 3.05) is 25.5 Å². The van der Waals surface area contributed by atoms with Crippen LogP contribution in [0, 0.1) is 0 Å². The largest absolute Gasteiger partial charge is 0.481 e. The second-order valence-electron chi connectivity index (χ2n) is 5.26. The zero-order chi connectivity index (χ0) is 14.5. The van der Waals surface area contributed by atoms with Crippen molar-refractivity contribution in [3.63, 3.8) is 0 Å². The van der Waals surface area contributed by atoms with Gasteiger partial charge in [0.25, 0.3) is 0 Å². The minimum absolute atomic E-state index is 0.187. The van der Waals surface area contributed by atoms with Gasteiger partial charge in [0.1, 0.15) is 0 Å². The normalized spacial score (nSPS) is 19.1. The number of nitrogens with zero attached hydrogens (tertiary/aromatic N) is 2. The van der Waals surface area contributed by atoms with E-state index in [9.17, 15) is 4.79 Å². The van der Waals surface area contributed by atoms with E-state index in [-0.39, 0.29) is 12.1 Å². The van der Waals surface area contributed by atoms with Crippen LogP contribution >= 0.6 is 0 Å². The van der Waals surface area contributed by atoms with Gasteiger partial charge in [0.15, 0.2) is 0 Å². The van der Waals surface area contributed by atoms with E-state index < -0.39 is 0 Å². The van der Waals surface area contributed by atoms with Gasteiger partial charge in [-0.2, -0.15) is 0 Å². The molecule has 110 valence electrons. The summed E-state index contributed by atoms with van der Waals surface area (Å²) in [7, 11) is 1.56. The fraction of sp³-hybridized carbons (Fsp3) is 0.571. The molecule has 2 heterocycles. The van der Waals surface area contributed by atoms with Gasteiger partial charge < -0.3 is 15.4 Å². The van der Waals surface area contributed by atoms with Gasteiger partial charge in [-0.15, -0.1) is 0 Å². The molecule has 0 saturated carbocycles. The Morgan fingerprint density at radius 2 is 2.30 bits per heavy atom. The van der Waals surface area contributed by atoms with Crippen LogP contribution in [0.3, 0.4) is 0 Å². The first-order valence-corrected chi connectivity index (χ1v) is 6.90. The number of rotatable bonds is 4. The van der Waals surface area contributed by atoms with Crippen LogP contribution in [0.15, 0.2) is 18.3 Å². The van der Waals surface area contributed by atoms with Crippen LogP contribution in [-0.2, 0) is 0 Å². The summed E-state index contributed by atoms with van der Waals surface area (Å²) in [4.78, 5) is 18.3. The summed E-state index contributed by atoms with van der Waals surface area (Å²) in [5.74, 6) is 0.527. The number of likely N-dealkylation sites (tertiary alicyclic amines) is 1. The van der Waals surface area contributed by atoms with Crippen LogP contribution in [0.1, 0.15) is 20.3 Å². The Morgan fingerprint density at radius 1 is 1.50 bits per heavy atom. The molecule has 6 heteroatoms. The molecule has 0 radical (unpaired) electrons. The van der Waals surface area contributed by atoms with Crippen LogP contribution in [-0.4, -0.2) is 48.2 Å². The summed E-state index contributed by atoms with van der Waals surface area (Å²) in [6, 6.07) is 4.03. The molecule has 0 aromatic carbocycles. The van der Waals surface area contributed by atoms with E-state index in [1.54, 1.807) is 25.4 Å². The molecule has 1 aliphatic heterocycles. The standard InChI is InChI=1S/C14H22N4O2/c1-10(2)18-7-6-12(9-18)17-14(19)16-11-4-5-13(20-3)15-8-11/h4-5,8,10,12H,6-7,9H2,1-3H3,(H2,16,17,19)/t12-/m0/s1. The van der Waals surface area contributed by atoms with Crippen molar-refractivity contribution in [3.05, 3.63) is 18.3 Å². The zero-order valence-corrected chi connectivity index (χ0v) is 12.2. The van der Waals surface area contributed by atoms with Crippen molar-refractivity contribution in [1.82, 2.24) is 15.2 Å². The maximum atomic E-state index is 11.9. The number of aromatic nitrogens is 1. The summed E-state index contributed by atoms with van der Waals surface area (Å²) >= 11 is 0. The molecular formula is C14H22N4O2. The van der Waals surface area contributed by atoms with E-state index in [0.717, 1.165) is 19.5 Å². The summed E-state index contributed by atoms with van der Waals surface area (Å²) in [5, 5.41) is 5.77. The average molecular weight is 278 g/mol. The predicted octanol–water partition coefficient (Wildman–Crippen LogP) is 1.69. The van der Waals surface area contributed by atoms with Crippen LogP contribution < -0.4 is 15.4 Å². The molecule has 1 aromatic heterocycles. The Morgan fingerprint density at radius 3 is 2.85 bits per heavy atom. The third-order valence-electron chi connectivity index (χ3n) is 3.49. The molecule has 2 amide bonds. The second-order valence-corrected chi connectivity index (χ2v) is 5.26. The molecule has 20 heavy (non-hydrogen) atoms. The van der Waals surface area contributed by atoms with Gasteiger partial charge in [0, 0.05) is 31.2 Å². The fourth-order valence-electron chi connectivity index (χ4n) is 2.30. The number of carbonyl (C=O) groups excluding carboxylic acids is 1. The van der Waals surface area contributed by atoms with E-state index in [1.807, 2.05) is 0 Å². The molecule has 1 aromatic rings. The second kappa shape index (κ2) is 6.56. The number of anilines is 1. The van der Waals surface area contributed by atoms with Crippen molar-refractivity contribution < 1.29 is 9.53 Å². The number of hydrogen-bond acceptors (Lipinski definition) is 4. The summed E-state index contributed by atoms with van der Waals surface area (Å²) in [6.07, 6.45) is 2.57. The third kappa shape index (κ3) is 3.84. The van der Waals surface area contributed by atoms with E-state index in [0.29, 0.717) is 17.6 Å². The van der Waals surface area contributed by atoms with Gasteiger partial charge >= 0.3 is 6.03 Å². The monoisotopic (exact) mass is 278 g/mol. The van der Waals surface area contributed by atoms with E-state index in [4.69, 9.17) is 4.74 Å². The molecule has 0 aliphatic carbocycles. The number of methoxy groups -OCH3 is 1. The van der Waals surface area contributed by atoms with Crippen LogP contribution in [0.25, 0.3) is 0 Å². The maximum absolute atomic E-state index is 11.9. The molecule has 2 N–H and O–H groups in total. The number of urea groups is 1. The van der Waals surface area contributed by atoms with E-state index >= 15 is 0 Å². The summed E-state index contributed by atoms with van der Waals surface area (Å²) in [5.41, 5.74) is 0.655. The lowest BCUT2D eigenvalue weighted by Crippen LogP contribution is -2.40. The lowest BCUT2D eigenvalue weighted by atomic mass is 10.3. The third-order valence-corrected chi connectivity index (χ3v) is 3.49. The van der Waals surface area contributed by atoms with Gasteiger partial charge in [-0.25, -0.2) is 9.78 Å². The highest BCUT2D eigenvalue weighted by Crippen LogP contribution is 2.13. The van der Waals surface area contributed by atoms with Crippen LogP contribution in [0.2, 0.25) is 0 Å². The highest BCUT2D eigenvalue weighted by molar-refractivity contribution is 5.89. The number of amides is 2. The topological polar surface area (TPSA) is 66.5 Å². The minimum Gasteiger partial charge on any atom is -0.481 e. The molecule has 2 rings (SSSR count). The molecule has 1 saturated heterocycles. The molecule has 1 fully saturated rings.